The van der Waals surface area contributed by atoms with Crippen molar-refractivity contribution in [2.75, 3.05) is 46.8 Å². The Bertz CT molecular complexity index is 386. The van der Waals surface area contributed by atoms with Crippen molar-refractivity contribution in [1.29, 1.82) is 5.26 Å². The lowest BCUT2D eigenvalue weighted by Gasteiger charge is -2.08. The summed E-state index contributed by atoms with van der Waals surface area (Å²) in [5.41, 5.74) is 0.990. The maximum Gasteiger partial charge on any atom is 0.119 e. The Morgan fingerprint density at radius 2 is 1.50 bits per heavy atom. The highest BCUT2D eigenvalue weighted by atomic mass is 16.6. The van der Waals surface area contributed by atoms with Crippen LogP contribution in [0.5, 0.6) is 5.75 Å². The molecule has 0 unspecified atom stereocenters. The molecule has 5 nitrogen and oxygen atoms in total. The average Bonchev–Trinajstić information content (AvgIpc) is 2.47. The Morgan fingerprint density at radius 1 is 0.900 bits per heavy atom. The summed E-state index contributed by atoms with van der Waals surface area (Å²) in [7, 11) is 1.64. The van der Waals surface area contributed by atoms with E-state index in [2.05, 4.69) is 6.07 Å². The molecule has 20 heavy (non-hydrogen) atoms. The van der Waals surface area contributed by atoms with Crippen molar-refractivity contribution in [3.8, 4) is 11.8 Å². The van der Waals surface area contributed by atoms with E-state index in [9.17, 15) is 0 Å². The second kappa shape index (κ2) is 11.2. The highest BCUT2D eigenvalue weighted by molar-refractivity contribution is 5.28. The molecule has 1 aromatic carbocycles. The third-order valence-electron chi connectivity index (χ3n) is 2.51. The van der Waals surface area contributed by atoms with Crippen molar-refractivity contribution in [3.63, 3.8) is 0 Å². The van der Waals surface area contributed by atoms with Crippen molar-refractivity contribution in [1.82, 2.24) is 0 Å². The number of nitrogens with zero attached hydrogens (tertiary/aromatic N) is 1. The number of benzene rings is 1. The molecule has 0 spiro atoms. The smallest absolute Gasteiger partial charge is 0.119 e. The minimum atomic E-state index is 0.423. The lowest BCUT2D eigenvalue weighted by atomic mass is 10.2. The Balaban J connectivity index is 1.99. The molecule has 0 aliphatic carbocycles. The van der Waals surface area contributed by atoms with Gasteiger partial charge in [0.2, 0.25) is 0 Å². The summed E-state index contributed by atoms with van der Waals surface area (Å²) in [6, 6.07) is 9.61. The van der Waals surface area contributed by atoms with Crippen LogP contribution in [0.25, 0.3) is 0 Å². The average molecular weight is 279 g/mol. The van der Waals surface area contributed by atoms with Gasteiger partial charge in [-0.05, 0) is 17.7 Å². The minimum Gasteiger partial charge on any atom is -0.491 e. The molecule has 110 valence electrons. The predicted molar refractivity (Wildman–Crippen MR) is 74.8 cm³/mol. The standard InChI is InChI=1S/C15H21NO4/c1-17-8-9-18-10-11-19-12-13-20-15-4-2-14(3-5-15)6-7-16/h2-5H,6,8-13H2,1H3. The second-order valence-electron chi connectivity index (χ2n) is 4.04. The fourth-order valence-corrected chi connectivity index (χ4v) is 1.48. The van der Waals surface area contributed by atoms with Gasteiger partial charge in [0.1, 0.15) is 12.4 Å². The molecule has 0 saturated heterocycles. The first-order valence-corrected chi connectivity index (χ1v) is 6.60. The SMILES string of the molecule is COCCOCCOCCOc1ccc(CC#N)cc1. The molecule has 0 aliphatic rings. The lowest BCUT2D eigenvalue weighted by molar-refractivity contribution is 0.0180. The molecular formula is C15H21NO4. The first kappa shape index (κ1) is 16.4. The fourth-order valence-electron chi connectivity index (χ4n) is 1.48. The van der Waals surface area contributed by atoms with Crippen molar-refractivity contribution in [2.24, 2.45) is 0 Å². The van der Waals surface area contributed by atoms with Crippen molar-refractivity contribution < 1.29 is 18.9 Å². The zero-order chi connectivity index (χ0) is 14.5. The molecule has 0 N–H and O–H groups in total. The molecule has 0 fully saturated rings. The van der Waals surface area contributed by atoms with E-state index in [1.54, 1.807) is 7.11 Å². The summed E-state index contributed by atoms with van der Waals surface area (Å²) in [5.74, 6) is 0.784. The van der Waals surface area contributed by atoms with Gasteiger partial charge in [0, 0.05) is 7.11 Å². The van der Waals surface area contributed by atoms with Gasteiger partial charge in [0.25, 0.3) is 0 Å². The van der Waals surface area contributed by atoms with Crippen molar-refractivity contribution in [2.45, 2.75) is 6.42 Å². The number of hydrogen-bond donors (Lipinski definition) is 0. The van der Waals surface area contributed by atoms with Crippen molar-refractivity contribution in [3.05, 3.63) is 29.8 Å². The largest absolute Gasteiger partial charge is 0.491 e. The molecule has 1 aromatic rings. The number of nitriles is 1. The maximum absolute atomic E-state index is 8.57. The van der Waals surface area contributed by atoms with Gasteiger partial charge in [0.05, 0.1) is 45.5 Å². The Morgan fingerprint density at radius 3 is 2.10 bits per heavy atom. The molecule has 1 rings (SSSR count). The molecule has 0 saturated carbocycles. The van der Waals surface area contributed by atoms with E-state index in [0.29, 0.717) is 46.1 Å². The number of rotatable bonds is 11. The van der Waals surface area contributed by atoms with E-state index in [1.165, 1.54) is 0 Å². The Hall–Kier alpha value is -1.61. The van der Waals surface area contributed by atoms with E-state index < -0.39 is 0 Å². The van der Waals surface area contributed by atoms with Gasteiger partial charge in [-0.15, -0.1) is 0 Å². The molecule has 0 aliphatic heterocycles. The molecule has 5 heteroatoms. The van der Waals surface area contributed by atoms with Gasteiger partial charge in [0.15, 0.2) is 0 Å². The third kappa shape index (κ3) is 7.74. The summed E-state index contributed by atoms with van der Waals surface area (Å²) in [6.07, 6.45) is 0.423. The summed E-state index contributed by atoms with van der Waals surface area (Å²) >= 11 is 0. The first-order valence-electron chi connectivity index (χ1n) is 6.60. The molecular weight excluding hydrogens is 258 g/mol. The van der Waals surface area contributed by atoms with Crippen LogP contribution >= 0.6 is 0 Å². The molecule has 0 atom stereocenters. The van der Waals surface area contributed by atoms with Crippen LogP contribution in [0.15, 0.2) is 24.3 Å². The molecule has 0 amide bonds. The number of hydrogen-bond acceptors (Lipinski definition) is 5. The fraction of sp³-hybridized carbons (Fsp3) is 0.533. The quantitative estimate of drug-likeness (QED) is 0.578. The second-order valence-corrected chi connectivity index (χ2v) is 4.04. The van der Waals surface area contributed by atoms with Crippen LogP contribution in [-0.2, 0) is 20.6 Å². The highest BCUT2D eigenvalue weighted by Gasteiger charge is 1.96. The summed E-state index contributed by atoms with van der Waals surface area (Å²) in [5, 5.41) is 8.57. The van der Waals surface area contributed by atoms with E-state index in [1.807, 2.05) is 24.3 Å². The van der Waals surface area contributed by atoms with Gasteiger partial charge in [-0.1, -0.05) is 12.1 Å². The Kier molecular flexibility index (Phi) is 9.24. The van der Waals surface area contributed by atoms with Crippen LogP contribution in [0.1, 0.15) is 5.56 Å². The molecule has 0 heterocycles. The summed E-state index contributed by atoms with van der Waals surface area (Å²) in [6.45, 7) is 3.32. The van der Waals surface area contributed by atoms with E-state index >= 15 is 0 Å². The normalized spacial score (nSPS) is 10.2. The van der Waals surface area contributed by atoms with Gasteiger partial charge >= 0.3 is 0 Å². The number of ether oxygens (including phenoxy) is 4. The molecule has 0 aromatic heterocycles. The van der Waals surface area contributed by atoms with Crippen LogP contribution in [0.3, 0.4) is 0 Å². The molecule has 0 radical (unpaired) electrons. The summed E-state index contributed by atoms with van der Waals surface area (Å²) < 4.78 is 21.0. The predicted octanol–water partition coefficient (Wildman–Crippen LogP) is 1.81. The van der Waals surface area contributed by atoms with Crippen molar-refractivity contribution >= 4 is 0 Å². The zero-order valence-electron chi connectivity index (χ0n) is 11.8. The topological polar surface area (TPSA) is 60.7 Å². The van der Waals surface area contributed by atoms with E-state index in [4.69, 9.17) is 24.2 Å². The van der Waals surface area contributed by atoms with Gasteiger partial charge < -0.3 is 18.9 Å². The highest BCUT2D eigenvalue weighted by Crippen LogP contribution is 2.12. The Labute approximate surface area is 120 Å². The molecule has 0 bridgehead atoms. The van der Waals surface area contributed by atoms with Crippen LogP contribution in [-0.4, -0.2) is 46.8 Å². The van der Waals surface area contributed by atoms with Crippen LogP contribution in [0.2, 0.25) is 0 Å². The number of methoxy groups -OCH3 is 1. The van der Waals surface area contributed by atoms with Crippen LogP contribution in [0, 0.1) is 11.3 Å². The van der Waals surface area contributed by atoms with E-state index in [-0.39, 0.29) is 0 Å². The van der Waals surface area contributed by atoms with E-state index in [0.717, 1.165) is 11.3 Å². The van der Waals surface area contributed by atoms with Crippen LogP contribution < -0.4 is 4.74 Å². The van der Waals surface area contributed by atoms with Gasteiger partial charge in [-0.2, -0.15) is 5.26 Å². The summed E-state index contributed by atoms with van der Waals surface area (Å²) in [4.78, 5) is 0. The first-order chi connectivity index (χ1) is 9.86. The lowest BCUT2D eigenvalue weighted by Crippen LogP contribution is -2.12. The van der Waals surface area contributed by atoms with Gasteiger partial charge in [-0.25, -0.2) is 0 Å². The zero-order valence-corrected chi connectivity index (χ0v) is 11.8. The monoisotopic (exact) mass is 279 g/mol. The third-order valence-corrected chi connectivity index (χ3v) is 2.51. The minimum absolute atomic E-state index is 0.423. The maximum atomic E-state index is 8.57. The van der Waals surface area contributed by atoms with Crippen LogP contribution in [0.4, 0.5) is 0 Å². The van der Waals surface area contributed by atoms with Gasteiger partial charge in [-0.3, -0.25) is 0 Å².